The van der Waals surface area contributed by atoms with Crippen molar-refractivity contribution in [3.05, 3.63) is 102 Å². The number of nitrogens with one attached hydrogen (secondary N) is 1. The van der Waals surface area contributed by atoms with Gasteiger partial charge in [0.05, 0.1) is 0 Å². The number of likely N-dealkylation sites (tertiary alicyclic amines) is 1. The first-order valence-corrected chi connectivity index (χ1v) is 12.6. The van der Waals surface area contributed by atoms with Gasteiger partial charge in [-0.05, 0) is 91.4 Å². The minimum Gasteiger partial charge on any atom is -0.457 e. The lowest BCUT2D eigenvalue weighted by Crippen LogP contribution is -2.44. The van der Waals surface area contributed by atoms with Crippen molar-refractivity contribution >= 4 is 17.5 Å². The molecule has 200 valence electrons. The number of carbonyl (C=O) groups excluding carboxylic acids is 2. The van der Waals surface area contributed by atoms with Crippen molar-refractivity contribution in [2.75, 3.05) is 11.9 Å². The van der Waals surface area contributed by atoms with Gasteiger partial charge in [-0.15, -0.1) is 0 Å². The molecule has 4 aromatic rings. The molecule has 0 saturated carbocycles. The average Bonchev–Trinajstić information content (AvgIpc) is 3.59. The molecule has 1 unspecified atom stereocenters. The van der Waals surface area contributed by atoms with Gasteiger partial charge < -0.3 is 15.0 Å². The lowest BCUT2D eigenvalue weighted by Gasteiger charge is -2.24. The number of aromatic nitrogens is 3. The summed E-state index contributed by atoms with van der Waals surface area (Å²) in [7, 11) is 0. The van der Waals surface area contributed by atoms with Crippen LogP contribution in [0.2, 0.25) is 0 Å². The molecule has 0 radical (unpaired) electrons. The Kier molecular flexibility index (Phi) is 7.62. The van der Waals surface area contributed by atoms with Gasteiger partial charge in [-0.25, -0.2) is 18.4 Å². The van der Waals surface area contributed by atoms with E-state index in [-0.39, 0.29) is 35.9 Å². The maximum Gasteiger partial charge on any atom is 0.247 e. The Morgan fingerprint density at radius 2 is 1.77 bits per heavy atom. The number of ether oxygens (including phenoxy) is 1. The zero-order valence-electron chi connectivity index (χ0n) is 21.3. The van der Waals surface area contributed by atoms with Gasteiger partial charge in [-0.2, -0.15) is 5.10 Å². The summed E-state index contributed by atoms with van der Waals surface area (Å²) >= 11 is 0. The van der Waals surface area contributed by atoms with E-state index in [0.29, 0.717) is 42.1 Å². The van der Waals surface area contributed by atoms with Crippen LogP contribution >= 0.6 is 0 Å². The minimum absolute atomic E-state index is 0.0258. The van der Waals surface area contributed by atoms with E-state index in [0.717, 1.165) is 5.56 Å². The summed E-state index contributed by atoms with van der Waals surface area (Å²) in [5.74, 6) is -0.0839. The van der Waals surface area contributed by atoms with Gasteiger partial charge in [0.25, 0.3) is 0 Å². The highest BCUT2D eigenvalue weighted by Gasteiger charge is 2.39. The van der Waals surface area contributed by atoms with Crippen LogP contribution in [-0.2, 0) is 22.6 Å². The second-order valence-corrected chi connectivity index (χ2v) is 9.61. The topological polar surface area (TPSA) is 89.4 Å². The van der Waals surface area contributed by atoms with Crippen LogP contribution < -0.4 is 10.1 Å². The molecule has 2 atom stereocenters. The summed E-state index contributed by atoms with van der Waals surface area (Å²) in [4.78, 5) is 32.0. The van der Waals surface area contributed by atoms with Crippen LogP contribution in [-0.4, -0.2) is 44.1 Å². The number of aryl methyl sites for hydroxylation is 1. The van der Waals surface area contributed by atoms with E-state index in [1.807, 2.05) is 0 Å². The van der Waals surface area contributed by atoms with Crippen molar-refractivity contribution in [3.63, 3.8) is 0 Å². The van der Waals surface area contributed by atoms with E-state index < -0.39 is 6.04 Å². The molecule has 2 amide bonds. The Morgan fingerprint density at radius 1 is 1.03 bits per heavy atom. The van der Waals surface area contributed by atoms with E-state index in [2.05, 4.69) is 15.4 Å². The SMILES string of the molecule is Cc1cc(Oc2ccc(NC(=O)[C@@H]3CC(Cc4ccc(F)cc4)CN3C(=O)Cn3cncn3)cc2)ccc1F. The lowest BCUT2D eigenvalue weighted by atomic mass is 9.96. The van der Waals surface area contributed by atoms with Crippen LogP contribution in [0.4, 0.5) is 14.5 Å². The largest absolute Gasteiger partial charge is 0.457 e. The van der Waals surface area contributed by atoms with E-state index in [4.69, 9.17) is 4.74 Å². The second kappa shape index (κ2) is 11.4. The highest BCUT2D eigenvalue weighted by Crippen LogP contribution is 2.29. The number of amides is 2. The van der Waals surface area contributed by atoms with Gasteiger partial charge in [0.1, 0.15) is 48.4 Å². The molecular formula is C29H27F2N5O3. The van der Waals surface area contributed by atoms with E-state index in [1.54, 1.807) is 60.4 Å². The molecule has 1 fully saturated rings. The Balaban J connectivity index is 1.26. The summed E-state index contributed by atoms with van der Waals surface area (Å²) < 4.78 is 34.1. The Bertz CT molecular complexity index is 1440. The second-order valence-electron chi connectivity index (χ2n) is 9.61. The third-order valence-electron chi connectivity index (χ3n) is 6.70. The first kappa shape index (κ1) is 26.0. The standard InChI is InChI=1S/C29H27F2N5O3/c1-19-12-25(10-11-26(19)31)39-24-8-6-23(7-9-24)34-29(38)27-14-21(13-20-2-4-22(30)5-3-20)15-36(27)28(37)16-35-18-32-17-33-35/h2-12,17-18,21,27H,13-16H2,1H3,(H,34,38)/t21?,27-/m0/s1. The van der Waals surface area contributed by atoms with Crippen LogP contribution in [0.25, 0.3) is 0 Å². The lowest BCUT2D eigenvalue weighted by molar-refractivity contribution is -0.137. The quantitative estimate of drug-likeness (QED) is 0.354. The van der Waals surface area contributed by atoms with Crippen molar-refractivity contribution in [1.29, 1.82) is 0 Å². The molecule has 0 bridgehead atoms. The van der Waals surface area contributed by atoms with Crippen molar-refractivity contribution in [1.82, 2.24) is 19.7 Å². The molecule has 3 aromatic carbocycles. The summed E-state index contributed by atoms with van der Waals surface area (Å²) in [5.41, 5.74) is 1.97. The molecule has 0 spiro atoms. The van der Waals surface area contributed by atoms with Gasteiger partial charge >= 0.3 is 0 Å². The van der Waals surface area contributed by atoms with Crippen LogP contribution in [0.15, 0.2) is 79.4 Å². The Labute approximate surface area is 224 Å². The Hall–Kier alpha value is -4.60. The number of nitrogens with zero attached hydrogens (tertiary/aromatic N) is 4. The zero-order valence-corrected chi connectivity index (χ0v) is 21.3. The molecule has 10 heteroatoms. The number of hydrogen-bond donors (Lipinski definition) is 1. The zero-order chi connectivity index (χ0) is 27.4. The summed E-state index contributed by atoms with van der Waals surface area (Å²) in [6.07, 6.45) is 3.89. The van der Waals surface area contributed by atoms with E-state index in [1.165, 1.54) is 35.5 Å². The third-order valence-corrected chi connectivity index (χ3v) is 6.70. The van der Waals surface area contributed by atoms with Crippen LogP contribution in [0.1, 0.15) is 17.5 Å². The summed E-state index contributed by atoms with van der Waals surface area (Å²) in [6, 6.07) is 16.9. The third kappa shape index (κ3) is 6.46. The minimum atomic E-state index is -0.676. The van der Waals surface area contributed by atoms with Crippen molar-refractivity contribution < 1.29 is 23.1 Å². The van der Waals surface area contributed by atoms with Crippen LogP contribution in [0.3, 0.4) is 0 Å². The number of anilines is 1. The fourth-order valence-corrected chi connectivity index (χ4v) is 4.74. The molecule has 1 aromatic heterocycles. The fraction of sp³-hybridized carbons (Fsp3) is 0.241. The molecule has 5 rings (SSSR count). The first-order valence-electron chi connectivity index (χ1n) is 12.6. The molecule has 1 aliphatic heterocycles. The highest BCUT2D eigenvalue weighted by atomic mass is 19.1. The number of carbonyl (C=O) groups is 2. The van der Waals surface area contributed by atoms with E-state index >= 15 is 0 Å². The maximum atomic E-state index is 13.5. The molecule has 8 nitrogen and oxygen atoms in total. The molecular weight excluding hydrogens is 504 g/mol. The molecule has 1 N–H and O–H groups in total. The van der Waals surface area contributed by atoms with Gasteiger partial charge in [0.15, 0.2) is 0 Å². The van der Waals surface area contributed by atoms with Crippen molar-refractivity contribution in [2.45, 2.75) is 32.4 Å². The smallest absolute Gasteiger partial charge is 0.247 e. The number of rotatable bonds is 8. The molecule has 0 aliphatic carbocycles. The fourth-order valence-electron chi connectivity index (χ4n) is 4.74. The van der Waals surface area contributed by atoms with Gasteiger partial charge in [0.2, 0.25) is 11.8 Å². The Morgan fingerprint density at radius 3 is 2.46 bits per heavy atom. The molecule has 1 aliphatic rings. The number of halogens is 2. The number of hydrogen-bond acceptors (Lipinski definition) is 5. The van der Waals surface area contributed by atoms with Crippen LogP contribution in [0.5, 0.6) is 11.5 Å². The molecule has 1 saturated heterocycles. The monoisotopic (exact) mass is 531 g/mol. The summed E-state index contributed by atoms with van der Waals surface area (Å²) in [6.45, 7) is 2.03. The van der Waals surface area contributed by atoms with Gasteiger partial charge in [-0.3, -0.25) is 9.59 Å². The molecule has 2 heterocycles. The number of benzene rings is 3. The van der Waals surface area contributed by atoms with E-state index in [9.17, 15) is 18.4 Å². The summed E-state index contributed by atoms with van der Waals surface area (Å²) in [5, 5.41) is 6.90. The average molecular weight is 532 g/mol. The van der Waals surface area contributed by atoms with Gasteiger partial charge in [0, 0.05) is 12.2 Å². The predicted octanol–water partition coefficient (Wildman–Crippen LogP) is 4.76. The predicted molar refractivity (Wildman–Crippen MR) is 140 cm³/mol. The normalized spacial score (nSPS) is 16.7. The van der Waals surface area contributed by atoms with Crippen molar-refractivity contribution in [3.8, 4) is 11.5 Å². The van der Waals surface area contributed by atoms with Crippen molar-refractivity contribution in [2.24, 2.45) is 5.92 Å². The maximum absolute atomic E-state index is 13.5. The van der Waals surface area contributed by atoms with Crippen LogP contribution in [0, 0.1) is 24.5 Å². The molecule has 39 heavy (non-hydrogen) atoms. The first-order chi connectivity index (χ1) is 18.8. The van der Waals surface area contributed by atoms with Gasteiger partial charge in [-0.1, -0.05) is 12.1 Å². The highest BCUT2D eigenvalue weighted by molar-refractivity contribution is 5.97.